The lowest BCUT2D eigenvalue weighted by Crippen LogP contribution is -2.37. The number of amides is 1. The number of hydrogen-bond acceptors (Lipinski definition) is 1. The van der Waals surface area contributed by atoms with Crippen LogP contribution in [0.5, 0.6) is 0 Å². The maximum atomic E-state index is 11.9. The van der Waals surface area contributed by atoms with Crippen LogP contribution >= 0.6 is 0 Å². The summed E-state index contributed by atoms with van der Waals surface area (Å²) in [5.41, 5.74) is 0. The molecular formula is C11H17NO. The van der Waals surface area contributed by atoms with Crippen LogP contribution in [0, 0.1) is 17.8 Å². The fourth-order valence-electron chi connectivity index (χ4n) is 3.80. The van der Waals surface area contributed by atoms with Crippen LogP contribution in [0.25, 0.3) is 0 Å². The Morgan fingerprint density at radius 2 is 1.69 bits per heavy atom. The van der Waals surface area contributed by atoms with E-state index in [1.165, 1.54) is 32.1 Å². The molecule has 13 heavy (non-hydrogen) atoms. The number of carbonyl (C=O) groups is 1. The Hall–Kier alpha value is -0.530. The number of rotatable bonds is 0. The summed E-state index contributed by atoms with van der Waals surface area (Å²) in [6.07, 6.45) is 6.37. The topological polar surface area (TPSA) is 20.3 Å². The Bertz CT molecular complexity index is 236. The van der Waals surface area contributed by atoms with Crippen molar-refractivity contribution in [2.24, 2.45) is 17.8 Å². The molecule has 0 aromatic rings. The molecular weight excluding hydrogens is 162 g/mol. The predicted octanol–water partition coefficient (Wildman–Crippen LogP) is 1.65. The van der Waals surface area contributed by atoms with Gasteiger partial charge in [0.15, 0.2) is 0 Å². The first kappa shape index (κ1) is 7.84. The molecule has 2 aliphatic carbocycles. The third-order valence-electron chi connectivity index (χ3n) is 4.36. The van der Waals surface area contributed by atoms with Gasteiger partial charge in [-0.1, -0.05) is 0 Å². The molecule has 72 valence electrons. The van der Waals surface area contributed by atoms with E-state index in [9.17, 15) is 4.79 Å². The van der Waals surface area contributed by atoms with Gasteiger partial charge in [0.2, 0.25) is 5.91 Å². The number of hydrogen-bond donors (Lipinski definition) is 0. The van der Waals surface area contributed by atoms with Crippen molar-refractivity contribution in [1.29, 1.82) is 0 Å². The Morgan fingerprint density at radius 3 is 2.31 bits per heavy atom. The van der Waals surface area contributed by atoms with Gasteiger partial charge >= 0.3 is 0 Å². The summed E-state index contributed by atoms with van der Waals surface area (Å²) < 4.78 is 0. The second-order valence-corrected chi connectivity index (χ2v) is 5.21. The summed E-state index contributed by atoms with van der Waals surface area (Å²) in [4.78, 5) is 14.0. The maximum Gasteiger partial charge on any atom is 0.225 e. The van der Waals surface area contributed by atoms with Crippen molar-refractivity contribution in [2.75, 3.05) is 7.05 Å². The molecule has 2 aliphatic heterocycles. The first-order valence-corrected chi connectivity index (χ1v) is 5.50. The maximum absolute atomic E-state index is 11.9. The highest BCUT2D eigenvalue weighted by Gasteiger charge is 2.45. The Labute approximate surface area is 79.3 Å². The van der Waals surface area contributed by atoms with E-state index in [-0.39, 0.29) is 0 Å². The summed E-state index contributed by atoms with van der Waals surface area (Å²) in [6.45, 7) is 0. The molecule has 0 spiro atoms. The highest BCUT2D eigenvalue weighted by molar-refractivity contribution is 5.79. The smallest absolute Gasteiger partial charge is 0.225 e. The number of fused-ring (bicyclic) bond motifs is 1. The molecule has 2 unspecified atom stereocenters. The largest absolute Gasteiger partial charge is 0.343 e. The summed E-state index contributed by atoms with van der Waals surface area (Å²) in [6, 6.07) is 0.587. The second kappa shape index (κ2) is 2.49. The molecule has 0 radical (unpaired) electrons. The van der Waals surface area contributed by atoms with Crippen molar-refractivity contribution in [1.82, 2.24) is 4.90 Å². The van der Waals surface area contributed by atoms with Gasteiger partial charge in [0.25, 0.3) is 0 Å². The molecule has 2 heteroatoms. The van der Waals surface area contributed by atoms with Gasteiger partial charge in [0, 0.05) is 19.0 Å². The van der Waals surface area contributed by atoms with E-state index in [0.29, 0.717) is 17.9 Å². The van der Waals surface area contributed by atoms with Crippen LogP contribution in [0.3, 0.4) is 0 Å². The Kier molecular flexibility index (Phi) is 1.50. The molecule has 4 rings (SSSR count). The number of carbonyl (C=O) groups excluding carboxylic acids is 1. The van der Waals surface area contributed by atoms with E-state index < -0.39 is 0 Å². The molecule has 2 saturated heterocycles. The first-order chi connectivity index (χ1) is 6.24. The molecule has 2 heterocycles. The Balaban J connectivity index is 1.98. The van der Waals surface area contributed by atoms with E-state index >= 15 is 0 Å². The molecule has 2 nitrogen and oxygen atoms in total. The predicted molar refractivity (Wildman–Crippen MR) is 50.1 cm³/mol. The normalized spacial score (nSPS) is 48.4. The van der Waals surface area contributed by atoms with Gasteiger partial charge in [-0.05, 0) is 43.9 Å². The van der Waals surface area contributed by atoms with Crippen LogP contribution in [0.1, 0.15) is 32.1 Å². The third kappa shape index (κ3) is 1.04. The highest BCUT2D eigenvalue weighted by Crippen LogP contribution is 2.47. The van der Waals surface area contributed by atoms with E-state index in [0.717, 1.165) is 11.8 Å². The number of nitrogens with zero attached hydrogens (tertiary/aromatic N) is 1. The van der Waals surface area contributed by atoms with Crippen molar-refractivity contribution in [3.05, 3.63) is 0 Å². The lowest BCUT2D eigenvalue weighted by Gasteiger charge is -2.37. The molecule has 1 amide bonds. The lowest BCUT2D eigenvalue weighted by molar-refractivity contribution is -0.134. The van der Waals surface area contributed by atoms with Crippen molar-refractivity contribution in [3.8, 4) is 0 Å². The van der Waals surface area contributed by atoms with Crippen LogP contribution in [-0.4, -0.2) is 23.9 Å². The minimum Gasteiger partial charge on any atom is -0.343 e. The van der Waals surface area contributed by atoms with Crippen LogP contribution < -0.4 is 0 Å². The van der Waals surface area contributed by atoms with Crippen LogP contribution in [0.15, 0.2) is 0 Å². The minimum atomic E-state index is 0.390. The highest BCUT2D eigenvalue weighted by atomic mass is 16.2. The molecule has 4 aliphatic rings. The van der Waals surface area contributed by atoms with Gasteiger partial charge < -0.3 is 4.90 Å². The molecule has 4 fully saturated rings. The second-order valence-electron chi connectivity index (χ2n) is 5.21. The SMILES string of the molecule is CN1C(=O)C2C[C@@H]3CC1C[C@H](C2)C3. The molecule has 4 bridgehead atoms. The molecule has 4 atom stereocenters. The molecule has 0 N–H and O–H groups in total. The zero-order chi connectivity index (χ0) is 9.00. The molecule has 0 aromatic carbocycles. The Morgan fingerprint density at radius 1 is 1.08 bits per heavy atom. The lowest BCUT2D eigenvalue weighted by atomic mass is 9.68. The van der Waals surface area contributed by atoms with E-state index in [1.54, 1.807) is 0 Å². The van der Waals surface area contributed by atoms with Crippen molar-refractivity contribution in [3.63, 3.8) is 0 Å². The molecule has 0 aromatic heterocycles. The van der Waals surface area contributed by atoms with E-state index in [1.807, 2.05) is 11.9 Å². The van der Waals surface area contributed by atoms with Crippen molar-refractivity contribution >= 4 is 5.91 Å². The first-order valence-electron chi connectivity index (χ1n) is 5.50. The van der Waals surface area contributed by atoms with Gasteiger partial charge in [-0.25, -0.2) is 0 Å². The minimum absolute atomic E-state index is 0.390. The van der Waals surface area contributed by atoms with Crippen LogP contribution in [0.2, 0.25) is 0 Å². The standard InChI is InChI=1S/C11H17NO/c1-12-10-5-7-2-8(6-10)4-9(3-7)11(12)13/h7-10H,2-6H2,1H3/t7-,8+,9?,10?. The quantitative estimate of drug-likeness (QED) is 0.553. The third-order valence-corrected chi connectivity index (χ3v) is 4.36. The summed E-state index contributed by atoms with van der Waals surface area (Å²) >= 11 is 0. The van der Waals surface area contributed by atoms with Crippen molar-refractivity contribution in [2.45, 2.75) is 38.1 Å². The monoisotopic (exact) mass is 179 g/mol. The fraction of sp³-hybridized carbons (Fsp3) is 0.909. The van der Waals surface area contributed by atoms with Gasteiger partial charge in [0.1, 0.15) is 0 Å². The van der Waals surface area contributed by atoms with E-state index in [4.69, 9.17) is 0 Å². The summed E-state index contributed by atoms with van der Waals surface area (Å²) in [5, 5.41) is 0. The average Bonchev–Trinajstić information content (AvgIpc) is 2.23. The summed E-state index contributed by atoms with van der Waals surface area (Å²) in [5.74, 6) is 2.57. The van der Waals surface area contributed by atoms with E-state index in [2.05, 4.69) is 0 Å². The zero-order valence-electron chi connectivity index (χ0n) is 8.20. The van der Waals surface area contributed by atoms with Gasteiger partial charge in [-0.15, -0.1) is 0 Å². The van der Waals surface area contributed by atoms with Gasteiger partial charge in [-0.2, -0.15) is 0 Å². The van der Waals surface area contributed by atoms with Crippen LogP contribution in [-0.2, 0) is 4.79 Å². The van der Waals surface area contributed by atoms with Gasteiger partial charge in [-0.3, -0.25) is 4.79 Å². The van der Waals surface area contributed by atoms with Gasteiger partial charge in [0.05, 0.1) is 0 Å². The summed E-state index contributed by atoms with van der Waals surface area (Å²) in [7, 11) is 2.01. The molecule has 2 saturated carbocycles. The average molecular weight is 179 g/mol. The fourth-order valence-corrected chi connectivity index (χ4v) is 3.80. The van der Waals surface area contributed by atoms with Crippen molar-refractivity contribution < 1.29 is 4.79 Å². The zero-order valence-corrected chi connectivity index (χ0v) is 8.20. The van der Waals surface area contributed by atoms with Crippen LogP contribution in [0.4, 0.5) is 0 Å².